The van der Waals surface area contributed by atoms with Crippen molar-refractivity contribution >= 4 is 23.2 Å². The second-order valence-electron chi connectivity index (χ2n) is 5.88. The van der Waals surface area contributed by atoms with Gasteiger partial charge in [-0.3, -0.25) is 4.79 Å². The molecule has 0 saturated carbocycles. The zero-order valence-corrected chi connectivity index (χ0v) is 14.3. The molecule has 0 unspecified atom stereocenters. The van der Waals surface area contributed by atoms with Crippen LogP contribution in [0.4, 0.5) is 5.69 Å². The number of nitrogens with one attached hydrogen (secondary N) is 1. The fourth-order valence-corrected chi connectivity index (χ4v) is 2.46. The maximum Gasteiger partial charge on any atom is 0.258 e. The van der Waals surface area contributed by atoms with E-state index in [1.165, 1.54) is 5.56 Å². The number of hydrogen-bond donors (Lipinski definition) is 1. The molecule has 0 fully saturated rings. The summed E-state index contributed by atoms with van der Waals surface area (Å²) >= 11 is 5.88. The first kappa shape index (κ1) is 16.3. The van der Waals surface area contributed by atoms with Crippen molar-refractivity contribution in [3.63, 3.8) is 0 Å². The number of nitrogens with zero attached hydrogens (tertiary/aromatic N) is 2. The van der Waals surface area contributed by atoms with Gasteiger partial charge in [0.05, 0.1) is 17.4 Å². The molecule has 0 aliphatic heterocycles. The fourth-order valence-electron chi connectivity index (χ4n) is 2.33. The lowest BCUT2D eigenvalue weighted by atomic mass is 10.0. The number of anilines is 1. The molecular weight excluding hydrogens is 322 g/mol. The Morgan fingerprint density at radius 3 is 2.38 bits per heavy atom. The van der Waals surface area contributed by atoms with Crippen LogP contribution < -0.4 is 5.32 Å². The van der Waals surface area contributed by atoms with Crippen molar-refractivity contribution in [2.24, 2.45) is 0 Å². The van der Waals surface area contributed by atoms with Gasteiger partial charge < -0.3 is 5.32 Å². The number of carbonyl (C=O) groups is 1. The summed E-state index contributed by atoms with van der Waals surface area (Å²) in [4.78, 5) is 12.3. The Kier molecular flexibility index (Phi) is 4.67. The monoisotopic (exact) mass is 339 g/mol. The van der Waals surface area contributed by atoms with Crippen LogP contribution in [0.1, 0.15) is 35.7 Å². The summed E-state index contributed by atoms with van der Waals surface area (Å²) in [6.45, 7) is 4.28. The summed E-state index contributed by atoms with van der Waals surface area (Å²) in [7, 11) is 0. The SMILES string of the molecule is CC(C)c1ccc(NC(=O)c2cnn(-c3ccc(Cl)cc3)c2)cc1. The van der Waals surface area contributed by atoms with Gasteiger partial charge in [0.2, 0.25) is 0 Å². The van der Waals surface area contributed by atoms with Crippen LogP contribution in [-0.4, -0.2) is 15.7 Å². The maximum absolute atomic E-state index is 12.3. The lowest BCUT2D eigenvalue weighted by molar-refractivity contribution is 0.102. The number of benzene rings is 2. The maximum atomic E-state index is 12.3. The molecule has 4 nitrogen and oxygen atoms in total. The summed E-state index contributed by atoms with van der Waals surface area (Å²) in [5.74, 6) is 0.278. The smallest absolute Gasteiger partial charge is 0.258 e. The molecular formula is C19H18ClN3O. The topological polar surface area (TPSA) is 46.9 Å². The molecule has 1 heterocycles. The Balaban J connectivity index is 1.72. The van der Waals surface area contributed by atoms with Crippen molar-refractivity contribution in [3.05, 3.63) is 77.1 Å². The highest BCUT2D eigenvalue weighted by atomic mass is 35.5. The van der Waals surface area contributed by atoms with Gasteiger partial charge >= 0.3 is 0 Å². The first-order valence-electron chi connectivity index (χ1n) is 7.75. The van der Waals surface area contributed by atoms with Crippen LogP contribution in [0.15, 0.2) is 60.9 Å². The summed E-state index contributed by atoms with van der Waals surface area (Å²) in [6.07, 6.45) is 3.24. The van der Waals surface area contributed by atoms with E-state index < -0.39 is 0 Å². The standard InChI is InChI=1S/C19H18ClN3O/c1-13(2)14-3-7-17(8-4-14)22-19(24)15-11-21-23(12-15)18-9-5-16(20)6-10-18/h3-13H,1-2H3,(H,22,24). The third kappa shape index (κ3) is 3.66. The Hall–Kier alpha value is -2.59. The molecule has 0 aliphatic rings. The minimum Gasteiger partial charge on any atom is -0.322 e. The van der Waals surface area contributed by atoms with E-state index in [0.29, 0.717) is 16.5 Å². The highest BCUT2D eigenvalue weighted by molar-refractivity contribution is 6.30. The zero-order valence-electron chi connectivity index (χ0n) is 13.5. The molecule has 122 valence electrons. The molecule has 0 saturated heterocycles. The van der Waals surface area contributed by atoms with Gasteiger partial charge in [-0.25, -0.2) is 4.68 Å². The van der Waals surface area contributed by atoms with E-state index in [0.717, 1.165) is 11.4 Å². The molecule has 2 aromatic carbocycles. The Labute approximate surface area is 146 Å². The highest BCUT2D eigenvalue weighted by Crippen LogP contribution is 2.18. The average molecular weight is 340 g/mol. The van der Waals surface area contributed by atoms with Gasteiger partial charge in [-0.15, -0.1) is 0 Å². The lowest BCUT2D eigenvalue weighted by Gasteiger charge is -2.07. The van der Waals surface area contributed by atoms with Crippen LogP contribution in [0.5, 0.6) is 0 Å². The van der Waals surface area contributed by atoms with Crippen molar-refractivity contribution in [2.75, 3.05) is 5.32 Å². The summed E-state index contributed by atoms with van der Waals surface area (Å²) in [5.41, 5.74) is 3.35. The number of aromatic nitrogens is 2. The third-order valence-electron chi connectivity index (χ3n) is 3.77. The highest BCUT2D eigenvalue weighted by Gasteiger charge is 2.10. The van der Waals surface area contributed by atoms with Crippen LogP contribution in [0.3, 0.4) is 0 Å². The van der Waals surface area contributed by atoms with Crippen LogP contribution in [0.25, 0.3) is 5.69 Å². The zero-order chi connectivity index (χ0) is 17.1. The second-order valence-corrected chi connectivity index (χ2v) is 6.32. The van der Waals surface area contributed by atoms with Crippen LogP contribution in [-0.2, 0) is 0 Å². The number of amides is 1. The van der Waals surface area contributed by atoms with Crippen molar-refractivity contribution < 1.29 is 4.79 Å². The Bertz CT molecular complexity index is 836. The Morgan fingerprint density at radius 1 is 1.08 bits per heavy atom. The molecule has 3 aromatic rings. The van der Waals surface area contributed by atoms with Crippen molar-refractivity contribution in [1.82, 2.24) is 9.78 Å². The Morgan fingerprint density at radius 2 is 1.75 bits per heavy atom. The normalized spacial score (nSPS) is 10.8. The van der Waals surface area contributed by atoms with Gasteiger partial charge in [0.15, 0.2) is 0 Å². The van der Waals surface area contributed by atoms with Gasteiger partial charge in [-0.1, -0.05) is 37.6 Å². The van der Waals surface area contributed by atoms with Gasteiger partial charge in [-0.2, -0.15) is 5.10 Å². The molecule has 1 aromatic heterocycles. The molecule has 0 radical (unpaired) electrons. The second kappa shape index (κ2) is 6.89. The molecule has 0 bridgehead atoms. The number of halogens is 1. The summed E-state index contributed by atoms with van der Waals surface area (Å²) < 4.78 is 1.65. The predicted octanol–water partition coefficient (Wildman–Crippen LogP) is 4.90. The molecule has 3 rings (SSSR count). The summed E-state index contributed by atoms with van der Waals surface area (Å²) in [5, 5.41) is 7.77. The van der Waals surface area contributed by atoms with Gasteiger partial charge in [0.25, 0.3) is 5.91 Å². The van der Waals surface area contributed by atoms with Gasteiger partial charge in [-0.05, 0) is 47.9 Å². The largest absolute Gasteiger partial charge is 0.322 e. The van der Waals surface area contributed by atoms with Crippen LogP contribution in [0, 0.1) is 0 Å². The molecule has 0 aliphatic carbocycles. The molecule has 1 N–H and O–H groups in total. The van der Waals surface area contributed by atoms with Crippen LogP contribution in [0.2, 0.25) is 5.02 Å². The van der Waals surface area contributed by atoms with E-state index in [1.807, 2.05) is 36.4 Å². The predicted molar refractivity (Wildman–Crippen MR) is 97.1 cm³/mol. The van der Waals surface area contributed by atoms with Gasteiger partial charge in [0.1, 0.15) is 0 Å². The van der Waals surface area contributed by atoms with Crippen molar-refractivity contribution in [2.45, 2.75) is 19.8 Å². The van der Waals surface area contributed by atoms with E-state index in [-0.39, 0.29) is 5.91 Å². The molecule has 5 heteroatoms. The van der Waals surface area contributed by atoms with E-state index in [1.54, 1.807) is 29.2 Å². The van der Waals surface area contributed by atoms with Crippen molar-refractivity contribution in [3.8, 4) is 5.69 Å². The van der Waals surface area contributed by atoms with Crippen molar-refractivity contribution in [1.29, 1.82) is 0 Å². The number of hydrogen-bond acceptors (Lipinski definition) is 2. The fraction of sp³-hybridized carbons (Fsp3) is 0.158. The minimum atomic E-state index is -0.187. The average Bonchev–Trinajstić information content (AvgIpc) is 3.06. The van der Waals surface area contributed by atoms with Gasteiger partial charge in [0, 0.05) is 16.9 Å². The minimum absolute atomic E-state index is 0.187. The lowest BCUT2D eigenvalue weighted by Crippen LogP contribution is -2.11. The molecule has 1 amide bonds. The first-order valence-corrected chi connectivity index (χ1v) is 8.12. The van der Waals surface area contributed by atoms with E-state index in [4.69, 9.17) is 11.6 Å². The first-order chi connectivity index (χ1) is 11.5. The summed E-state index contributed by atoms with van der Waals surface area (Å²) in [6, 6.07) is 15.1. The number of carbonyl (C=O) groups excluding carboxylic acids is 1. The molecule has 0 spiro atoms. The van der Waals surface area contributed by atoms with E-state index >= 15 is 0 Å². The van der Waals surface area contributed by atoms with E-state index in [2.05, 4.69) is 24.3 Å². The van der Waals surface area contributed by atoms with Crippen LogP contribution >= 0.6 is 11.6 Å². The van der Waals surface area contributed by atoms with E-state index in [9.17, 15) is 4.79 Å². The quantitative estimate of drug-likeness (QED) is 0.734. The number of rotatable bonds is 4. The molecule has 0 atom stereocenters. The molecule has 24 heavy (non-hydrogen) atoms. The third-order valence-corrected chi connectivity index (χ3v) is 4.02.